The average molecular weight is 752 g/mol. The molecule has 3 atom stereocenters. The van der Waals surface area contributed by atoms with Gasteiger partial charge in [-0.25, -0.2) is 0 Å². The standard InChI is InChI=1S/C34H39ClF3N5O2.3ClH/c35-27-8-5-23(6-9-27)17-30(41-21-28-18-24-3-1-2-4-25(24)20-40-28)33(44)43-15-13-42(14-16-43)31-19-26(34(36,37)38)7-10-32(31)45-29-11-12-39-22-29;;;/h1-10,19,28-30,39-41H,11-18,20-22H2;3*1H/t28-,29+,30-;;;/m1.../s1. The van der Waals surface area contributed by atoms with Crippen LogP contribution in [0.25, 0.3) is 0 Å². The number of benzene rings is 3. The number of alkyl halides is 3. The van der Waals surface area contributed by atoms with Gasteiger partial charge in [-0.05, 0) is 72.8 Å². The van der Waals surface area contributed by atoms with Crippen molar-refractivity contribution in [3.63, 3.8) is 0 Å². The Morgan fingerprint density at radius 3 is 2.35 bits per heavy atom. The molecule has 1 amide bonds. The Hall–Kier alpha value is -2.44. The number of rotatable bonds is 9. The number of hydrogen-bond donors (Lipinski definition) is 3. The molecule has 14 heteroatoms. The maximum atomic E-state index is 14.0. The fourth-order valence-corrected chi connectivity index (χ4v) is 6.52. The Kier molecular flexibility index (Phi) is 15.0. The first kappa shape index (κ1) is 40.0. The van der Waals surface area contributed by atoms with Gasteiger partial charge in [0.1, 0.15) is 11.9 Å². The van der Waals surface area contributed by atoms with Gasteiger partial charge in [-0.3, -0.25) is 4.79 Å². The number of nitrogens with one attached hydrogen (secondary N) is 3. The maximum absolute atomic E-state index is 14.0. The summed E-state index contributed by atoms with van der Waals surface area (Å²) < 4.78 is 47.2. The number of hydrogen-bond acceptors (Lipinski definition) is 6. The van der Waals surface area contributed by atoms with Gasteiger partial charge in [0.15, 0.2) is 0 Å². The van der Waals surface area contributed by atoms with Crippen LogP contribution >= 0.6 is 48.8 Å². The lowest BCUT2D eigenvalue weighted by molar-refractivity contribution is -0.137. The first-order valence-electron chi connectivity index (χ1n) is 15.6. The molecular formula is C34H42Cl4F3N5O2. The van der Waals surface area contributed by atoms with Gasteiger partial charge < -0.3 is 30.5 Å². The lowest BCUT2D eigenvalue weighted by atomic mass is 9.95. The van der Waals surface area contributed by atoms with Crippen LogP contribution in [0.3, 0.4) is 0 Å². The number of ether oxygens (including phenoxy) is 1. The van der Waals surface area contributed by atoms with Crippen LogP contribution in [-0.4, -0.2) is 74.8 Å². The number of piperazine rings is 1. The van der Waals surface area contributed by atoms with E-state index in [2.05, 4.69) is 34.1 Å². The Labute approximate surface area is 303 Å². The number of carbonyl (C=O) groups excluding carboxylic acids is 1. The number of halogens is 7. The SMILES string of the molecule is Cl.Cl.Cl.O=C([C@@H](Cc1ccc(Cl)cc1)NC[C@H]1Cc2ccccc2CN1)N1CCN(c2cc(C(F)(F)F)ccc2O[C@H]2CCNC2)CC1. The highest BCUT2D eigenvalue weighted by molar-refractivity contribution is 6.30. The molecule has 3 N–H and O–H groups in total. The lowest BCUT2D eigenvalue weighted by Gasteiger charge is -2.39. The molecule has 0 radical (unpaired) electrons. The van der Waals surface area contributed by atoms with E-state index in [1.807, 2.05) is 40.1 Å². The largest absolute Gasteiger partial charge is 0.487 e. The van der Waals surface area contributed by atoms with Crippen molar-refractivity contribution in [3.05, 3.63) is 94.0 Å². The molecule has 0 unspecified atom stereocenters. The summed E-state index contributed by atoms with van der Waals surface area (Å²) in [6.07, 6.45) is -2.37. The van der Waals surface area contributed by atoms with Crippen LogP contribution in [0.1, 0.15) is 28.7 Å². The third-order valence-corrected chi connectivity index (χ3v) is 9.21. The Bertz CT molecular complexity index is 1470. The smallest absolute Gasteiger partial charge is 0.416 e. The molecule has 3 aromatic carbocycles. The van der Waals surface area contributed by atoms with E-state index < -0.39 is 17.8 Å². The normalized spacial score (nSPS) is 19.7. The van der Waals surface area contributed by atoms with Gasteiger partial charge in [0.2, 0.25) is 5.91 Å². The second-order valence-corrected chi connectivity index (χ2v) is 12.5. The van der Waals surface area contributed by atoms with Crippen LogP contribution in [0.2, 0.25) is 5.02 Å². The van der Waals surface area contributed by atoms with Crippen LogP contribution in [0.15, 0.2) is 66.7 Å². The van der Waals surface area contributed by atoms with E-state index in [4.69, 9.17) is 16.3 Å². The van der Waals surface area contributed by atoms with E-state index in [0.717, 1.165) is 37.6 Å². The third-order valence-electron chi connectivity index (χ3n) is 8.95. The van der Waals surface area contributed by atoms with E-state index in [-0.39, 0.29) is 55.3 Å². The van der Waals surface area contributed by atoms with Crippen molar-refractivity contribution < 1.29 is 22.7 Å². The second kappa shape index (κ2) is 18.0. The summed E-state index contributed by atoms with van der Waals surface area (Å²) in [5.41, 5.74) is 3.33. The fraction of sp³-hybridized carbons (Fsp3) is 0.441. The first-order valence-corrected chi connectivity index (χ1v) is 16.0. The molecule has 2 fully saturated rings. The van der Waals surface area contributed by atoms with Crippen molar-refractivity contribution in [2.75, 3.05) is 50.7 Å². The van der Waals surface area contributed by atoms with Crippen LogP contribution < -0.4 is 25.6 Å². The molecule has 0 aromatic heterocycles. The quantitative estimate of drug-likeness (QED) is 0.252. The van der Waals surface area contributed by atoms with Crippen LogP contribution in [0.4, 0.5) is 18.9 Å². The van der Waals surface area contributed by atoms with Crippen LogP contribution in [0.5, 0.6) is 5.75 Å². The van der Waals surface area contributed by atoms with Gasteiger partial charge in [0, 0.05) is 56.9 Å². The third kappa shape index (κ3) is 10.1. The topological polar surface area (TPSA) is 68.9 Å². The minimum absolute atomic E-state index is 0. The van der Waals surface area contributed by atoms with Gasteiger partial charge in [-0.1, -0.05) is 48.0 Å². The molecule has 7 nitrogen and oxygen atoms in total. The monoisotopic (exact) mass is 749 g/mol. The van der Waals surface area contributed by atoms with E-state index in [1.165, 1.54) is 23.3 Å². The van der Waals surface area contributed by atoms with Crippen molar-refractivity contribution in [2.45, 2.75) is 50.2 Å². The van der Waals surface area contributed by atoms with Crippen molar-refractivity contribution in [1.82, 2.24) is 20.9 Å². The highest BCUT2D eigenvalue weighted by Crippen LogP contribution is 2.38. The predicted octanol–water partition coefficient (Wildman–Crippen LogP) is 5.93. The zero-order chi connectivity index (χ0) is 31.4. The maximum Gasteiger partial charge on any atom is 0.416 e. The van der Waals surface area contributed by atoms with Gasteiger partial charge in [-0.2, -0.15) is 13.2 Å². The number of anilines is 1. The van der Waals surface area contributed by atoms with E-state index >= 15 is 0 Å². The van der Waals surface area contributed by atoms with E-state index in [1.54, 1.807) is 0 Å². The number of carbonyl (C=O) groups is 1. The fourth-order valence-electron chi connectivity index (χ4n) is 6.39. The van der Waals surface area contributed by atoms with Crippen LogP contribution in [0, 0.1) is 0 Å². The van der Waals surface area contributed by atoms with E-state index in [0.29, 0.717) is 62.1 Å². The predicted molar refractivity (Wildman–Crippen MR) is 192 cm³/mol. The molecule has 0 aliphatic carbocycles. The highest BCUT2D eigenvalue weighted by atomic mass is 35.5. The Morgan fingerprint density at radius 1 is 0.979 bits per heavy atom. The number of fused-ring (bicyclic) bond motifs is 1. The van der Waals surface area contributed by atoms with Gasteiger partial charge >= 0.3 is 6.18 Å². The molecule has 2 saturated heterocycles. The van der Waals surface area contributed by atoms with Gasteiger partial charge in [-0.15, -0.1) is 37.2 Å². The van der Waals surface area contributed by atoms with Gasteiger partial charge in [0.25, 0.3) is 0 Å². The van der Waals surface area contributed by atoms with Crippen molar-refractivity contribution in [3.8, 4) is 5.75 Å². The molecular weight excluding hydrogens is 709 g/mol. The molecule has 3 aliphatic heterocycles. The average Bonchev–Trinajstić information content (AvgIpc) is 3.56. The summed E-state index contributed by atoms with van der Waals surface area (Å²) in [6.45, 7) is 4.49. The summed E-state index contributed by atoms with van der Waals surface area (Å²) in [7, 11) is 0. The van der Waals surface area contributed by atoms with Crippen molar-refractivity contribution in [2.24, 2.45) is 0 Å². The molecule has 0 bridgehead atoms. The summed E-state index contributed by atoms with van der Waals surface area (Å²) >= 11 is 6.12. The summed E-state index contributed by atoms with van der Waals surface area (Å²) in [4.78, 5) is 17.7. The number of amides is 1. The summed E-state index contributed by atoms with van der Waals surface area (Å²) in [6, 6.07) is 19.3. The summed E-state index contributed by atoms with van der Waals surface area (Å²) in [5, 5.41) is 11.0. The highest BCUT2D eigenvalue weighted by Gasteiger charge is 2.34. The van der Waals surface area contributed by atoms with Crippen molar-refractivity contribution >= 4 is 60.4 Å². The van der Waals surface area contributed by atoms with Crippen molar-refractivity contribution in [1.29, 1.82) is 0 Å². The molecule has 48 heavy (non-hydrogen) atoms. The van der Waals surface area contributed by atoms with Crippen LogP contribution in [-0.2, 0) is 30.4 Å². The molecule has 6 rings (SSSR count). The molecule has 0 spiro atoms. The number of nitrogens with zero attached hydrogens (tertiary/aromatic N) is 2. The molecule has 264 valence electrons. The molecule has 3 aliphatic rings. The Balaban J connectivity index is 0.00000208. The molecule has 0 saturated carbocycles. The molecule has 3 aromatic rings. The summed E-state index contributed by atoms with van der Waals surface area (Å²) in [5.74, 6) is 0.429. The van der Waals surface area contributed by atoms with E-state index in [9.17, 15) is 18.0 Å². The minimum atomic E-state index is -4.46. The lowest BCUT2D eigenvalue weighted by Crippen LogP contribution is -2.56. The molecule has 3 heterocycles. The Morgan fingerprint density at radius 2 is 1.69 bits per heavy atom. The first-order chi connectivity index (χ1) is 21.7. The van der Waals surface area contributed by atoms with Gasteiger partial charge in [0.05, 0.1) is 17.3 Å². The zero-order valence-corrected chi connectivity index (χ0v) is 29.5. The minimum Gasteiger partial charge on any atom is -0.487 e. The zero-order valence-electron chi connectivity index (χ0n) is 26.3. The second-order valence-electron chi connectivity index (χ2n) is 12.1.